The molecule has 0 N–H and O–H groups in total. The first-order valence-corrected chi connectivity index (χ1v) is 8.38. The molecule has 2 aliphatic rings. The van der Waals surface area contributed by atoms with Gasteiger partial charge < -0.3 is 9.47 Å². The summed E-state index contributed by atoms with van der Waals surface area (Å²) in [4.78, 5) is 35.3. The minimum absolute atomic E-state index is 0.00628. The van der Waals surface area contributed by atoms with Crippen molar-refractivity contribution in [1.29, 1.82) is 0 Å². The summed E-state index contributed by atoms with van der Waals surface area (Å²) in [6, 6.07) is 9.27. The van der Waals surface area contributed by atoms with E-state index in [0.717, 1.165) is 5.57 Å². The molecule has 0 amide bonds. The van der Waals surface area contributed by atoms with Crippen molar-refractivity contribution in [3.8, 4) is 11.5 Å². The molecule has 2 aliphatic heterocycles. The van der Waals surface area contributed by atoms with Crippen molar-refractivity contribution >= 4 is 17.4 Å². The molecule has 0 spiro atoms. The number of carbonyl (C=O) groups excluding carboxylic acids is 2. The molecule has 0 saturated carbocycles. The second kappa shape index (κ2) is 6.05. The summed E-state index contributed by atoms with van der Waals surface area (Å²) in [5, 5.41) is 11.1. The van der Waals surface area contributed by atoms with Gasteiger partial charge in [0.2, 0.25) is 5.78 Å². The molecule has 1 atom stereocenters. The van der Waals surface area contributed by atoms with E-state index in [1.54, 1.807) is 38.1 Å². The van der Waals surface area contributed by atoms with Gasteiger partial charge in [-0.25, -0.2) is 0 Å². The van der Waals surface area contributed by atoms with Crippen LogP contribution >= 0.6 is 0 Å². The number of nitro groups is 1. The van der Waals surface area contributed by atoms with E-state index in [1.165, 1.54) is 12.1 Å². The van der Waals surface area contributed by atoms with Crippen LogP contribution in [0.4, 0.5) is 5.69 Å². The highest BCUT2D eigenvalue weighted by atomic mass is 16.6. The first-order chi connectivity index (χ1) is 12.9. The van der Waals surface area contributed by atoms with Crippen molar-refractivity contribution < 1.29 is 24.0 Å². The van der Waals surface area contributed by atoms with Crippen LogP contribution < -0.4 is 9.47 Å². The van der Waals surface area contributed by atoms with Crippen LogP contribution in [0.25, 0.3) is 0 Å². The summed E-state index contributed by atoms with van der Waals surface area (Å²) < 4.78 is 11.2. The third-order valence-corrected chi connectivity index (χ3v) is 4.69. The second-order valence-electron chi connectivity index (χ2n) is 6.70. The topological polar surface area (TPSA) is 95.7 Å². The smallest absolute Gasteiger partial charge is 0.312 e. The number of carbonyl (C=O) groups is 2. The molecule has 2 aromatic carbocycles. The number of allylic oxidation sites excluding steroid dienone is 2. The largest absolute Gasteiger partial charge is 0.452 e. The van der Waals surface area contributed by atoms with E-state index >= 15 is 0 Å². The van der Waals surface area contributed by atoms with Gasteiger partial charge in [0.05, 0.1) is 16.9 Å². The number of nitro benzene ring substituents is 1. The van der Waals surface area contributed by atoms with Crippen LogP contribution in [-0.4, -0.2) is 16.7 Å². The monoisotopic (exact) mass is 365 g/mol. The maximum absolute atomic E-state index is 12.6. The molecule has 4 rings (SSSR count). The highest BCUT2D eigenvalue weighted by Crippen LogP contribution is 2.49. The van der Waals surface area contributed by atoms with Crippen LogP contribution in [0.2, 0.25) is 0 Å². The lowest BCUT2D eigenvalue weighted by molar-refractivity contribution is -0.384. The zero-order chi connectivity index (χ0) is 19.3. The van der Waals surface area contributed by atoms with Gasteiger partial charge in [-0.2, -0.15) is 0 Å². The number of ether oxygens (including phenoxy) is 2. The van der Waals surface area contributed by atoms with E-state index in [1.807, 2.05) is 0 Å². The lowest BCUT2D eigenvalue weighted by Crippen LogP contribution is -2.21. The summed E-state index contributed by atoms with van der Waals surface area (Å²) in [6.07, 6.45) is 0.00628. The standard InChI is InChI=1S/C20H15NO6/c1-10(2)19-18(23)13-6-7-15-17(20(13)27-19)14(9-16(22)26-15)11-4-3-5-12(8-11)21(24)25/h3-8,14H,9H2,1-2H3/t14-/m0/s1. The molecule has 7 heteroatoms. The predicted molar refractivity (Wildman–Crippen MR) is 95.0 cm³/mol. The third-order valence-electron chi connectivity index (χ3n) is 4.69. The van der Waals surface area contributed by atoms with Gasteiger partial charge in [-0.15, -0.1) is 0 Å². The minimum atomic E-state index is -0.500. The Labute approximate surface area is 154 Å². The Kier molecular flexibility index (Phi) is 3.80. The average Bonchev–Trinajstić information content (AvgIpc) is 2.98. The molecule has 0 unspecified atom stereocenters. The quantitative estimate of drug-likeness (QED) is 0.263. The number of non-ortho nitro benzene ring substituents is 1. The molecule has 2 aromatic rings. The van der Waals surface area contributed by atoms with Crippen LogP contribution in [-0.2, 0) is 4.79 Å². The molecule has 0 aliphatic carbocycles. The number of esters is 1. The lowest BCUT2D eigenvalue weighted by atomic mass is 9.84. The number of benzene rings is 2. The van der Waals surface area contributed by atoms with E-state index in [2.05, 4.69) is 0 Å². The fraction of sp³-hybridized carbons (Fsp3) is 0.200. The maximum Gasteiger partial charge on any atom is 0.312 e. The van der Waals surface area contributed by atoms with Crippen molar-refractivity contribution in [1.82, 2.24) is 0 Å². The summed E-state index contributed by atoms with van der Waals surface area (Å²) in [6.45, 7) is 3.56. The number of hydrogen-bond acceptors (Lipinski definition) is 6. The Morgan fingerprint density at radius 1 is 1.15 bits per heavy atom. The van der Waals surface area contributed by atoms with Gasteiger partial charge in [0.15, 0.2) is 5.76 Å². The molecular formula is C20H15NO6. The van der Waals surface area contributed by atoms with Gasteiger partial charge >= 0.3 is 5.97 Å². The van der Waals surface area contributed by atoms with Crippen molar-refractivity contribution in [3.63, 3.8) is 0 Å². The predicted octanol–water partition coefficient (Wildman–Crippen LogP) is 3.90. The van der Waals surface area contributed by atoms with Crippen molar-refractivity contribution in [2.45, 2.75) is 26.2 Å². The van der Waals surface area contributed by atoms with Crippen molar-refractivity contribution in [3.05, 3.63) is 74.5 Å². The van der Waals surface area contributed by atoms with Crippen molar-refractivity contribution in [2.75, 3.05) is 0 Å². The molecule has 0 aromatic heterocycles. The van der Waals surface area contributed by atoms with Gasteiger partial charge in [0.1, 0.15) is 11.5 Å². The Morgan fingerprint density at radius 2 is 1.93 bits per heavy atom. The van der Waals surface area contributed by atoms with Crippen LogP contribution in [0.15, 0.2) is 47.7 Å². The molecule has 2 heterocycles. The molecule has 136 valence electrons. The summed E-state index contributed by atoms with van der Waals surface area (Å²) >= 11 is 0. The average molecular weight is 365 g/mol. The maximum atomic E-state index is 12.6. The fourth-order valence-corrected chi connectivity index (χ4v) is 3.46. The van der Waals surface area contributed by atoms with Gasteiger partial charge in [0, 0.05) is 23.6 Å². The van der Waals surface area contributed by atoms with Gasteiger partial charge in [-0.05, 0) is 37.1 Å². The second-order valence-corrected chi connectivity index (χ2v) is 6.70. The van der Waals surface area contributed by atoms with E-state index in [-0.39, 0.29) is 23.7 Å². The lowest BCUT2D eigenvalue weighted by Gasteiger charge is -2.26. The van der Waals surface area contributed by atoms with Crippen LogP contribution in [0.3, 0.4) is 0 Å². The normalized spacial score (nSPS) is 17.7. The molecule has 7 nitrogen and oxygen atoms in total. The number of Topliss-reactive ketones (excluding diaryl/α,β-unsaturated/α-hetero) is 1. The van der Waals surface area contributed by atoms with Crippen LogP contribution in [0.5, 0.6) is 11.5 Å². The Bertz CT molecular complexity index is 1050. The zero-order valence-corrected chi connectivity index (χ0v) is 14.6. The molecule has 0 bridgehead atoms. The molecule has 0 radical (unpaired) electrons. The zero-order valence-electron chi connectivity index (χ0n) is 14.6. The Hall–Kier alpha value is -3.48. The van der Waals surface area contributed by atoms with Crippen LogP contribution in [0.1, 0.15) is 47.7 Å². The van der Waals surface area contributed by atoms with Gasteiger partial charge in [-0.3, -0.25) is 19.7 Å². The van der Waals surface area contributed by atoms with E-state index in [9.17, 15) is 19.7 Å². The summed E-state index contributed by atoms with van der Waals surface area (Å²) in [7, 11) is 0. The third kappa shape index (κ3) is 2.68. The van der Waals surface area contributed by atoms with Crippen LogP contribution in [0, 0.1) is 10.1 Å². The molecular weight excluding hydrogens is 350 g/mol. The number of rotatable bonds is 2. The first-order valence-electron chi connectivity index (χ1n) is 8.38. The summed E-state index contributed by atoms with van der Waals surface area (Å²) in [5.41, 5.74) is 2.24. The van der Waals surface area contributed by atoms with Crippen molar-refractivity contribution in [2.24, 2.45) is 0 Å². The van der Waals surface area contributed by atoms with E-state index in [4.69, 9.17) is 9.47 Å². The molecule has 0 fully saturated rings. The number of nitrogens with zero attached hydrogens (tertiary/aromatic N) is 1. The highest BCUT2D eigenvalue weighted by Gasteiger charge is 2.39. The summed E-state index contributed by atoms with van der Waals surface area (Å²) in [5.74, 6) is -0.233. The van der Waals surface area contributed by atoms with Gasteiger partial charge in [0.25, 0.3) is 5.69 Å². The van der Waals surface area contributed by atoms with E-state index < -0.39 is 16.8 Å². The number of hydrogen-bond donors (Lipinski definition) is 0. The minimum Gasteiger partial charge on any atom is -0.452 e. The molecule has 0 saturated heterocycles. The Morgan fingerprint density at radius 3 is 2.63 bits per heavy atom. The highest BCUT2D eigenvalue weighted by molar-refractivity contribution is 6.13. The number of ketones is 1. The fourth-order valence-electron chi connectivity index (χ4n) is 3.46. The van der Waals surface area contributed by atoms with Gasteiger partial charge in [-0.1, -0.05) is 12.1 Å². The molecule has 27 heavy (non-hydrogen) atoms. The Balaban J connectivity index is 1.91. The number of fused-ring (bicyclic) bond motifs is 3. The SMILES string of the molecule is CC(C)=C1Oc2c(ccc3c2[C@H](c2cccc([N+](=O)[O-])c2)CC(=O)O3)C1=O. The first kappa shape index (κ1) is 17.0. The van der Waals surface area contributed by atoms with E-state index in [0.29, 0.717) is 28.2 Å².